The number of para-hydroxylation sites is 1. The fraction of sp³-hybridized carbons (Fsp3) is 0.125. The summed E-state index contributed by atoms with van der Waals surface area (Å²) in [5, 5.41) is 12.3. The second kappa shape index (κ2) is 8.95. The number of carbonyl (C=O) groups excluding carboxylic acids is 3. The van der Waals surface area contributed by atoms with Crippen molar-refractivity contribution in [3.05, 3.63) is 83.9 Å². The van der Waals surface area contributed by atoms with Gasteiger partial charge in [-0.15, -0.1) is 0 Å². The Kier molecular flexibility index (Phi) is 5.69. The van der Waals surface area contributed by atoms with E-state index in [1.54, 1.807) is 48.5 Å². The Balaban J connectivity index is 1.22. The molecule has 0 aliphatic carbocycles. The number of amides is 3. The minimum Gasteiger partial charge on any atom is -0.457 e. The summed E-state index contributed by atoms with van der Waals surface area (Å²) in [6, 6.07) is 20.6. The Bertz CT molecular complexity index is 1260. The number of carbonyl (C=O) groups is 3. The maximum absolute atomic E-state index is 13.0. The van der Waals surface area contributed by atoms with E-state index in [4.69, 9.17) is 16.3 Å². The van der Waals surface area contributed by atoms with Crippen LogP contribution in [-0.2, 0) is 14.4 Å². The molecule has 2 heterocycles. The van der Waals surface area contributed by atoms with E-state index in [1.807, 2.05) is 30.3 Å². The van der Waals surface area contributed by atoms with Crippen molar-refractivity contribution in [1.82, 2.24) is 5.01 Å². The van der Waals surface area contributed by atoms with Crippen LogP contribution in [0.25, 0.3) is 0 Å². The highest BCUT2D eigenvalue weighted by molar-refractivity contribution is 6.31. The molecule has 1 fully saturated rings. The van der Waals surface area contributed by atoms with Crippen molar-refractivity contribution in [3.63, 3.8) is 0 Å². The average Bonchev–Trinajstić information content (AvgIpc) is 3.36. The number of nitrogens with zero attached hydrogens (tertiary/aromatic N) is 4. The molecule has 1 N–H and O–H groups in total. The van der Waals surface area contributed by atoms with E-state index in [0.29, 0.717) is 27.9 Å². The van der Waals surface area contributed by atoms with Crippen LogP contribution < -0.4 is 15.0 Å². The van der Waals surface area contributed by atoms with Crippen LogP contribution in [0, 0.1) is 0 Å². The third-order valence-corrected chi connectivity index (χ3v) is 5.62. The second-order valence-electron chi connectivity index (χ2n) is 7.67. The first-order chi connectivity index (χ1) is 16.5. The average molecular weight is 476 g/mol. The van der Waals surface area contributed by atoms with Gasteiger partial charge >= 0.3 is 0 Å². The molecule has 2 aliphatic rings. The molecule has 170 valence electrons. The van der Waals surface area contributed by atoms with Crippen LogP contribution >= 0.6 is 11.6 Å². The number of ether oxygens (including phenoxy) is 1. The summed E-state index contributed by atoms with van der Waals surface area (Å²) in [6.45, 7) is -0.236. The lowest BCUT2D eigenvalue weighted by atomic mass is 10.1. The van der Waals surface area contributed by atoms with Crippen molar-refractivity contribution < 1.29 is 19.1 Å². The van der Waals surface area contributed by atoms with Gasteiger partial charge in [0, 0.05) is 10.7 Å². The summed E-state index contributed by atoms with van der Waals surface area (Å²) in [7, 11) is 0. The maximum atomic E-state index is 13.0. The van der Waals surface area contributed by atoms with Crippen molar-refractivity contribution in [3.8, 4) is 11.5 Å². The zero-order valence-corrected chi connectivity index (χ0v) is 18.4. The van der Waals surface area contributed by atoms with Crippen molar-refractivity contribution in [1.29, 1.82) is 0 Å². The molecule has 3 aromatic carbocycles. The van der Waals surface area contributed by atoms with Gasteiger partial charge in [-0.3, -0.25) is 19.4 Å². The Hall–Kier alpha value is -4.24. The molecule has 1 saturated heterocycles. The third-order valence-electron chi connectivity index (χ3n) is 5.37. The second-order valence-corrected chi connectivity index (χ2v) is 8.10. The molecule has 2 aliphatic heterocycles. The number of benzene rings is 3. The van der Waals surface area contributed by atoms with E-state index in [2.05, 4.69) is 15.7 Å². The minimum absolute atomic E-state index is 0.236. The van der Waals surface area contributed by atoms with Gasteiger partial charge in [0.25, 0.3) is 11.8 Å². The molecular formula is C24H18ClN5O4. The summed E-state index contributed by atoms with van der Waals surface area (Å²) in [4.78, 5) is 39.4. The van der Waals surface area contributed by atoms with Crippen LogP contribution in [0.3, 0.4) is 0 Å². The lowest BCUT2D eigenvalue weighted by molar-refractivity contribution is -0.123. The van der Waals surface area contributed by atoms with Gasteiger partial charge in [-0.25, -0.2) is 4.90 Å². The van der Waals surface area contributed by atoms with Gasteiger partial charge in [-0.1, -0.05) is 35.0 Å². The van der Waals surface area contributed by atoms with Crippen molar-refractivity contribution in [2.75, 3.05) is 16.8 Å². The van der Waals surface area contributed by atoms with E-state index in [1.165, 1.54) is 5.01 Å². The summed E-state index contributed by atoms with van der Waals surface area (Å²) in [6.07, 6.45) is 0. The van der Waals surface area contributed by atoms with Gasteiger partial charge in [0.15, 0.2) is 12.1 Å². The first-order valence-electron chi connectivity index (χ1n) is 10.4. The van der Waals surface area contributed by atoms with Gasteiger partial charge in [-0.05, 0) is 60.7 Å². The zero-order chi connectivity index (χ0) is 23.7. The topological polar surface area (TPSA) is 104 Å². The van der Waals surface area contributed by atoms with E-state index in [-0.39, 0.29) is 6.54 Å². The van der Waals surface area contributed by atoms with E-state index >= 15 is 0 Å². The molecule has 34 heavy (non-hydrogen) atoms. The normalized spacial score (nSPS) is 18.9. The SMILES string of the molecule is O=C(CN1N=N[C@H]2C(=O)N(c3ccc(Cl)cc3)C(=O)[C@@H]21)Nc1ccc(Oc2ccccc2)cc1. The van der Waals surface area contributed by atoms with Gasteiger partial charge < -0.3 is 10.1 Å². The molecule has 0 unspecified atom stereocenters. The molecule has 0 aromatic heterocycles. The molecule has 9 nitrogen and oxygen atoms in total. The minimum atomic E-state index is -0.981. The molecule has 3 aromatic rings. The Morgan fingerprint density at radius 1 is 0.912 bits per heavy atom. The largest absolute Gasteiger partial charge is 0.457 e. The molecule has 3 amide bonds. The lowest BCUT2D eigenvalue weighted by Gasteiger charge is -2.20. The number of rotatable bonds is 6. The Morgan fingerprint density at radius 3 is 2.29 bits per heavy atom. The monoisotopic (exact) mass is 475 g/mol. The van der Waals surface area contributed by atoms with Gasteiger partial charge in [0.1, 0.15) is 18.0 Å². The summed E-state index contributed by atoms with van der Waals surface area (Å²) < 4.78 is 5.74. The van der Waals surface area contributed by atoms with Crippen molar-refractivity contribution in [2.24, 2.45) is 10.3 Å². The van der Waals surface area contributed by atoms with Crippen LogP contribution in [-0.4, -0.2) is 41.4 Å². The molecular weight excluding hydrogens is 458 g/mol. The third kappa shape index (κ3) is 4.20. The van der Waals surface area contributed by atoms with E-state index in [0.717, 1.165) is 4.90 Å². The predicted molar refractivity (Wildman–Crippen MR) is 125 cm³/mol. The summed E-state index contributed by atoms with van der Waals surface area (Å²) >= 11 is 5.90. The molecule has 0 radical (unpaired) electrons. The molecule has 5 rings (SSSR count). The first-order valence-corrected chi connectivity index (χ1v) is 10.8. The number of halogens is 1. The summed E-state index contributed by atoms with van der Waals surface area (Å²) in [5.74, 6) is -0.0496. The van der Waals surface area contributed by atoms with Crippen molar-refractivity contribution in [2.45, 2.75) is 12.1 Å². The number of imide groups is 1. The molecule has 0 saturated carbocycles. The standard InChI is InChI=1S/C24H18ClN5O4/c25-15-6-10-17(11-7-15)30-23(32)21-22(24(30)33)29(28-27-21)14-20(31)26-16-8-12-19(13-9-16)34-18-4-2-1-3-5-18/h1-13,21-22H,14H2,(H,26,31)/t21-,22-/m1/s1. The highest BCUT2D eigenvalue weighted by Gasteiger charge is 2.55. The van der Waals surface area contributed by atoms with Gasteiger partial charge in [0.2, 0.25) is 5.91 Å². The number of hydrogen-bond donors (Lipinski definition) is 1. The van der Waals surface area contributed by atoms with E-state index in [9.17, 15) is 14.4 Å². The van der Waals surface area contributed by atoms with Crippen LogP contribution in [0.2, 0.25) is 5.02 Å². The number of anilines is 2. The fourth-order valence-electron chi connectivity index (χ4n) is 3.78. The first kappa shape index (κ1) is 21.6. The van der Waals surface area contributed by atoms with Crippen molar-refractivity contribution >= 4 is 40.7 Å². The van der Waals surface area contributed by atoms with Crippen LogP contribution in [0.1, 0.15) is 0 Å². The Morgan fingerprint density at radius 2 is 1.59 bits per heavy atom. The molecule has 0 bridgehead atoms. The van der Waals surface area contributed by atoms with Gasteiger partial charge in [-0.2, -0.15) is 5.11 Å². The van der Waals surface area contributed by atoms with Crippen LogP contribution in [0.15, 0.2) is 89.2 Å². The zero-order valence-electron chi connectivity index (χ0n) is 17.7. The highest BCUT2D eigenvalue weighted by atomic mass is 35.5. The van der Waals surface area contributed by atoms with Crippen LogP contribution in [0.5, 0.6) is 11.5 Å². The fourth-order valence-corrected chi connectivity index (χ4v) is 3.90. The molecule has 10 heteroatoms. The van der Waals surface area contributed by atoms with Gasteiger partial charge in [0.05, 0.1) is 5.69 Å². The van der Waals surface area contributed by atoms with E-state index < -0.39 is 29.8 Å². The lowest BCUT2D eigenvalue weighted by Crippen LogP contribution is -2.43. The summed E-state index contributed by atoms with van der Waals surface area (Å²) in [5.41, 5.74) is 0.945. The molecule has 2 atom stereocenters. The maximum Gasteiger partial charge on any atom is 0.263 e. The smallest absolute Gasteiger partial charge is 0.263 e. The molecule has 0 spiro atoms. The Labute approximate surface area is 199 Å². The number of fused-ring (bicyclic) bond motifs is 1. The number of hydrogen-bond acceptors (Lipinski definition) is 7. The highest BCUT2D eigenvalue weighted by Crippen LogP contribution is 2.32. The quantitative estimate of drug-likeness (QED) is 0.541. The van der Waals surface area contributed by atoms with Crippen LogP contribution in [0.4, 0.5) is 11.4 Å². The predicted octanol–water partition coefficient (Wildman–Crippen LogP) is 4.06. The number of nitrogens with one attached hydrogen (secondary N) is 1.